The molecule has 4 nitrogen and oxygen atoms in total. The molecule has 0 atom stereocenters. The second kappa shape index (κ2) is 7.70. The molecule has 1 amide bonds. The lowest BCUT2D eigenvalue weighted by Crippen LogP contribution is -2.23. The van der Waals surface area contributed by atoms with Crippen molar-refractivity contribution in [2.24, 2.45) is 0 Å². The lowest BCUT2D eigenvalue weighted by molar-refractivity contribution is 0.0948. The van der Waals surface area contributed by atoms with Crippen LogP contribution in [0.5, 0.6) is 5.75 Å². The number of nitrogens with zero attached hydrogens (tertiary/aromatic N) is 1. The quantitative estimate of drug-likeness (QED) is 0.734. The molecule has 0 saturated carbocycles. The van der Waals surface area contributed by atoms with Gasteiger partial charge in [0.1, 0.15) is 5.75 Å². The summed E-state index contributed by atoms with van der Waals surface area (Å²) in [7, 11) is 1.60. The largest absolute Gasteiger partial charge is 0.496 e. The molecule has 4 heteroatoms. The number of nitrogens with one attached hydrogen (secondary N) is 1. The van der Waals surface area contributed by atoms with Crippen LogP contribution < -0.4 is 15.0 Å². The predicted molar refractivity (Wildman–Crippen MR) is 110 cm³/mol. The molecule has 0 radical (unpaired) electrons. The van der Waals surface area contributed by atoms with Crippen LogP contribution in [-0.2, 0) is 6.54 Å². The van der Waals surface area contributed by atoms with Gasteiger partial charge in [-0.2, -0.15) is 0 Å². The van der Waals surface area contributed by atoms with Crippen molar-refractivity contribution in [2.75, 3.05) is 25.1 Å². The summed E-state index contributed by atoms with van der Waals surface area (Å²) in [5, 5.41) is 5.10. The van der Waals surface area contributed by atoms with E-state index in [0.717, 1.165) is 29.4 Å². The van der Waals surface area contributed by atoms with Gasteiger partial charge in [-0.1, -0.05) is 36.4 Å². The smallest absolute Gasteiger partial charge is 0.255 e. The molecule has 1 heterocycles. The fourth-order valence-electron chi connectivity index (χ4n) is 3.64. The molecule has 0 aliphatic carbocycles. The van der Waals surface area contributed by atoms with E-state index in [1.165, 1.54) is 18.5 Å². The molecule has 0 unspecified atom stereocenters. The Morgan fingerprint density at radius 2 is 1.67 bits per heavy atom. The number of ether oxygens (including phenoxy) is 1. The van der Waals surface area contributed by atoms with Gasteiger partial charge in [0.05, 0.1) is 12.7 Å². The normalized spacial score (nSPS) is 13.7. The fourth-order valence-corrected chi connectivity index (χ4v) is 3.64. The number of amides is 1. The van der Waals surface area contributed by atoms with Gasteiger partial charge in [0.2, 0.25) is 0 Å². The van der Waals surface area contributed by atoms with Gasteiger partial charge in [0.25, 0.3) is 5.91 Å². The highest BCUT2D eigenvalue weighted by molar-refractivity contribution is 6.01. The minimum absolute atomic E-state index is 0.124. The molecule has 1 aliphatic rings. The Morgan fingerprint density at radius 3 is 2.33 bits per heavy atom. The number of hydrogen-bond acceptors (Lipinski definition) is 3. The third-order valence-electron chi connectivity index (χ3n) is 5.17. The van der Waals surface area contributed by atoms with E-state index in [0.29, 0.717) is 17.9 Å². The van der Waals surface area contributed by atoms with Crippen LogP contribution in [0.25, 0.3) is 10.8 Å². The summed E-state index contributed by atoms with van der Waals surface area (Å²) < 4.78 is 5.43. The molecule has 1 aliphatic heterocycles. The zero-order valence-corrected chi connectivity index (χ0v) is 15.6. The average Bonchev–Trinajstić information content (AvgIpc) is 3.26. The number of carbonyl (C=O) groups is 1. The summed E-state index contributed by atoms with van der Waals surface area (Å²) in [6, 6.07) is 20.2. The second-order valence-corrected chi connectivity index (χ2v) is 6.94. The Balaban J connectivity index is 1.46. The first-order valence-electron chi connectivity index (χ1n) is 9.43. The summed E-state index contributed by atoms with van der Waals surface area (Å²) in [5.41, 5.74) is 2.91. The van der Waals surface area contributed by atoms with Crippen LogP contribution in [0, 0.1) is 0 Å². The molecule has 1 saturated heterocycles. The van der Waals surface area contributed by atoms with Crippen molar-refractivity contribution in [1.29, 1.82) is 0 Å². The monoisotopic (exact) mass is 360 g/mol. The average molecular weight is 360 g/mol. The van der Waals surface area contributed by atoms with Crippen molar-refractivity contribution in [2.45, 2.75) is 19.4 Å². The standard InChI is InChI=1S/C23H24N2O2/c1-27-22-15-19-7-3-2-6-18(19)14-21(22)23(26)24-16-17-8-10-20(11-9-17)25-12-4-5-13-25/h2-3,6-11,14-15H,4-5,12-13,16H2,1H3,(H,24,26). The lowest BCUT2D eigenvalue weighted by Gasteiger charge is -2.17. The van der Waals surface area contributed by atoms with Crippen LogP contribution in [0.3, 0.4) is 0 Å². The van der Waals surface area contributed by atoms with E-state index in [2.05, 4.69) is 34.5 Å². The molecule has 0 bridgehead atoms. The Morgan fingerprint density at radius 1 is 1.00 bits per heavy atom. The van der Waals surface area contributed by atoms with Crippen LogP contribution in [0.4, 0.5) is 5.69 Å². The van der Waals surface area contributed by atoms with Crippen LogP contribution in [0.15, 0.2) is 60.7 Å². The molecule has 0 spiro atoms. The molecule has 1 N–H and O–H groups in total. The van der Waals surface area contributed by atoms with Gasteiger partial charge in [-0.3, -0.25) is 4.79 Å². The van der Waals surface area contributed by atoms with E-state index in [4.69, 9.17) is 4.74 Å². The molecule has 0 aromatic heterocycles. The molecule has 1 fully saturated rings. The summed E-state index contributed by atoms with van der Waals surface area (Å²) in [5.74, 6) is 0.469. The maximum absolute atomic E-state index is 12.7. The summed E-state index contributed by atoms with van der Waals surface area (Å²) in [4.78, 5) is 15.1. The fraction of sp³-hybridized carbons (Fsp3) is 0.261. The van der Waals surface area contributed by atoms with Crippen molar-refractivity contribution in [3.05, 3.63) is 71.8 Å². The van der Waals surface area contributed by atoms with Gasteiger partial charge >= 0.3 is 0 Å². The van der Waals surface area contributed by atoms with Crippen LogP contribution >= 0.6 is 0 Å². The summed E-state index contributed by atoms with van der Waals surface area (Å²) >= 11 is 0. The second-order valence-electron chi connectivity index (χ2n) is 6.94. The number of rotatable bonds is 5. The number of hydrogen-bond donors (Lipinski definition) is 1. The van der Waals surface area contributed by atoms with Gasteiger partial charge in [-0.05, 0) is 53.4 Å². The molecular formula is C23H24N2O2. The Hall–Kier alpha value is -3.01. The van der Waals surface area contributed by atoms with E-state index >= 15 is 0 Å². The number of fused-ring (bicyclic) bond motifs is 1. The van der Waals surface area contributed by atoms with Crippen LogP contribution in [0.1, 0.15) is 28.8 Å². The molecular weight excluding hydrogens is 336 g/mol. The maximum atomic E-state index is 12.7. The molecule has 4 rings (SSSR count). The SMILES string of the molecule is COc1cc2ccccc2cc1C(=O)NCc1ccc(N2CCCC2)cc1. The first kappa shape index (κ1) is 17.4. The van der Waals surface area contributed by atoms with E-state index < -0.39 is 0 Å². The maximum Gasteiger partial charge on any atom is 0.255 e. The van der Waals surface area contributed by atoms with E-state index in [-0.39, 0.29) is 5.91 Å². The highest BCUT2D eigenvalue weighted by Gasteiger charge is 2.14. The third kappa shape index (κ3) is 3.75. The minimum atomic E-state index is -0.124. The highest BCUT2D eigenvalue weighted by Crippen LogP contribution is 2.26. The predicted octanol–water partition coefficient (Wildman–Crippen LogP) is 4.38. The first-order valence-corrected chi connectivity index (χ1v) is 9.43. The third-order valence-corrected chi connectivity index (χ3v) is 5.17. The zero-order valence-electron chi connectivity index (χ0n) is 15.6. The molecule has 27 heavy (non-hydrogen) atoms. The minimum Gasteiger partial charge on any atom is -0.496 e. The van der Waals surface area contributed by atoms with Crippen LogP contribution in [-0.4, -0.2) is 26.1 Å². The van der Waals surface area contributed by atoms with Gasteiger partial charge in [-0.25, -0.2) is 0 Å². The zero-order chi connectivity index (χ0) is 18.6. The van der Waals surface area contributed by atoms with Gasteiger partial charge in [0, 0.05) is 25.3 Å². The first-order chi connectivity index (χ1) is 13.2. The Kier molecular flexibility index (Phi) is 4.97. The van der Waals surface area contributed by atoms with Crippen molar-refractivity contribution in [1.82, 2.24) is 5.32 Å². The summed E-state index contributed by atoms with van der Waals surface area (Å²) in [6.07, 6.45) is 2.54. The van der Waals surface area contributed by atoms with Crippen LogP contribution in [0.2, 0.25) is 0 Å². The van der Waals surface area contributed by atoms with Gasteiger partial charge < -0.3 is 15.0 Å². The van der Waals surface area contributed by atoms with Gasteiger partial charge in [0.15, 0.2) is 0 Å². The Bertz CT molecular complexity index is 944. The van der Waals surface area contributed by atoms with Crippen molar-refractivity contribution >= 4 is 22.4 Å². The van der Waals surface area contributed by atoms with E-state index in [9.17, 15) is 4.79 Å². The number of methoxy groups -OCH3 is 1. The number of benzene rings is 3. The van der Waals surface area contributed by atoms with E-state index in [1.54, 1.807) is 7.11 Å². The van der Waals surface area contributed by atoms with Gasteiger partial charge in [-0.15, -0.1) is 0 Å². The Labute approximate surface area is 159 Å². The topological polar surface area (TPSA) is 41.6 Å². The molecule has 138 valence electrons. The summed E-state index contributed by atoms with van der Waals surface area (Å²) in [6.45, 7) is 2.77. The molecule has 3 aromatic rings. The van der Waals surface area contributed by atoms with Crippen molar-refractivity contribution < 1.29 is 9.53 Å². The number of anilines is 1. The van der Waals surface area contributed by atoms with Crippen molar-refractivity contribution in [3.63, 3.8) is 0 Å². The lowest BCUT2D eigenvalue weighted by atomic mass is 10.1. The number of carbonyl (C=O) groups excluding carboxylic acids is 1. The van der Waals surface area contributed by atoms with Crippen molar-refractivity contribution in [3.8, 4) is 5.75 Å². The van der Waals surface area contributed by atoms with E-state index in [1.807, 2.05) is 36.4 Å². The highest BCUT2D eigenvalue weighted by atomic mass is 16.5. The molecule has 3 aromatic carbocycles.